The minimum absolute atomic E-state index is 0.0624. The standard InChI is InChI=1S/C28H32N4O2/c1-17-13-18(2)24(19(14-17)27-31-22-7-6-8-23(33)25(22)32-27)26(34)20-15-30-12-9-21(20)28(16-29)10-4-3-5-11-28/h3-5,10,13-14,20-21,23,30,33H,6-9,11-12,15H2,1-2H3,(H,31,32). The number of Topliss-reactive ketones (excluding diaryl/α,β-unsaturated/α-hetero) is 1. The van der Waals surface area contributed by atoms with Crippen molar-refractivity contribution in [2.75, 3.05) is 13.1 Å². The highest BCUT2D eigenvalue weighted by molar-refractivity contribution is 6.05. The van der Waals surface area contributed by atoms with Gasteiger partial charge in [0.25, 0.3) is 0 Å². The van der Waals surface area contributed by atoms with E-state index in [0.717, 1.165) is 48.2 Å². The average molecular weight is 457 g/mol. The molecule has 6 heteroatoms. The summed E-state index contributed by atoms with van der Waals surface area (Å²) in [5, 5.41) is 24.1. The van der Waals surface area contributed by atoms with Crippen molar-refractivity contribution in [2.24, 2.45) is 17.3 Å². The van der Waals surface area contributed by atoms with Crippen molar-refractivity contribution in [1.82, 2.24) is 15.3 Å². The van der Waals surface area contributed by atoms with E-state index in [0.29, 0.717) is 36.5 Å². The molecular weight excluding hydrogens is 424 g/mol. The lowest BCUT2D eigenvalue weighted by Crippen LogP contribution is -2.47. The second-order valence-corrected chi connectivity index (χ2v) is 10.1. The van der Waals surface area contributed by atoms with Gasteiger partial charge in [-0.25, -0.2) is 4.98 Å². The number of aliphatic hydroxyl groups is 1. The van der Waals surface area contributed by atoms with E-state index in [1.165, 1.54) is 0 Å². The summed E-state index contributed by atoms with van der Waals surface area (Å²) in [6, 6.07) is 6.63. The number of nitrogens with one attached hydrogen (secondary N) is 2. The number of nitriles is 1. The Morgan fingerprint density at radius 1 is 1.26 bits per heavy atom. The maximum Gasteiger partial charge on any atom is 0.168 e. The summed E-state index contributed by atoms with van der Waals surface area (Å²) in [5.41, 5.74) is 4.45. The number of aliphatic hydroxyl groups excluding tert-OH is 1. The van der Waals surface area contributed by atoms with Crippen LogP contribution in [0.25, 0.3) is 11.4 Å². The number of fused-ring (bicyclic) bond motifs is 1. The van der Waals surface area contributed by atoms with Crippen molar-refractivity contribution in [3.63, 3.8) is 0 Å². The molecule has 0 bridgehead atoms. The fraction of sp³-hybridized carbons (Fsp3) is 0.464. The average Bonchev–Trinajstić information content (AvgIpc) is 3.29. The summed E-state index contributed by atoms with van der Waals surface area (Å²) in [7, 11) is 0. The number of carbonyl (C=O) groups excluding carboxylic acids is 1. The number of piperidine rings is 1. The highest BCUT2D eigenvalue weighted by Crippen LogP contribution is 2.45. The number of aryl methyl sites for hydroxylation is 3. The Hall–Kier alpha value is -3.01. The Morgan fingerprint density at radius 3 is 2.85 bits per heavy atom. The van der Waals surface area contributed by atoms with Gasteiger partial charge in [0.15, 0.2) is 5.78 Å². The molecule has 3 aliphatic rings. The molecule has 1 saturated heterocycles. The Kier molecular flexibility index (Phi) is 6.01. The third-order valence-corrected chi connectivity index (χ3v) is 7.80. The molecule has 1 aromatic heterocycles. The Balaban J connectivity index is 1.59. The highest BCUT2D eigenvalue weighted by Gasteiger charge is 2.46. The third-order valence-electron chi connectivity index (χ3n) is 7.80. The van der Waals surface area contributed by atoms with Gasteiger partial charge in [-0.15, -0.1) is 0 Å². The van der Waals surface area contributed by atoms with Crippen LogP contribution in [0.2, 0.25) is 0 Å². The number of benzene rings is 1. The molecule has 6 nitrogen and oxygen atoms in total. The van der Waals surface area contributed by atoms with Crippen LogP contribution in [0.4, 0.5) is 0 Å². The van der Waals surface area contributed by atoms with Crippen LogP contribution in [-0.2, 0) is 6.42 Å². The van der Waals surface area contributed by atoms with E-state index in [2.05, 4.69) is 16.4 Å². The first kappa shape index (κ1) is 22.8. The maximum atomic E-state index is 14.3. The van der Waals surface area contributed by atoms with Crippen molar-refractivity contribution < 1.29 is 9.90 Å². The topological polar surface area (TPSA) is 102 Å². The van der Waals surface area contributed by atoms with Crippen LogP contribution >= 0.6 is 0 Å². The molecule has 1 aliphatic heterocycles. The fourth-order valence-corrected chi connectivity index (χ4v) is 6.12. The zero-order chi connectivity index (χ0) is 23.9. The van der Waals surface area contributed by atoms with E-state index < -0.39 is 11.5 Å². The minimum Gasteiger partial charge on any atom is -0.387 e. The van der Waals surface area contributed by atoms with Gasteiger partial charge in [0.05, 0.1) is 23.3 Å². The van der Waals surface area contributed by atoms with Gasteiger partial charge >= 0.3 is 0 Å². The van der Waals surface area contributed by atoms with Crippen LogP contribution in [0.1, 0.15) is 64.7 Å². The van der Waals surface area contributed by atoms with Gasteiger partial charge in [-0.05, 0) is 70.0 Å². The lowest BCUT2D eigenvalue weighted by Gasteiger charge is -2.41. The van der Waals surface area contributed by atoms with E-state index in [1.807, 2.05) is 50.3 Å². The highest BCUT2D eigenvalue weighted by atomic mass is 16.3. The smallest absolute Gasteiger partial charge is 0.168 e. The predicted molar refractivity (Wildman–Crippen MR) is 131 cm³/mol. The first-order valence-corrected chi connectivity index (χ1v) is 12.3. The molecule has 4 atom stereocenters. The normalized spacial score (nSPS) is 28.4. The van der Waals surface area contributed by atoms with Gasteiger partial charge < -0.3 is 15.4 Å². The number of rotatable bonds is 4. The number of hydrogen-bond donors (Lipinski definition) is 3. The lowest BCUT2D eigenvalue weighted by molar-refractivity contribution is 0.0756. The van der Waals surface area contributed by atoms with E-state index in [1.54, 1.807) is 0 Å². The predicted octanol–water partition coefficient (Wildman–Crippen LogP) is 4.50. The molecule has 34 heavy (non-hydrogen) atoms. The molecule has 0 amide bonds. The van der Waals surface area contributed by atoms with E-state index in [4.69, 9.17) is 4.98 Å². The summed E-state index contributed by atoms with van der Waals surface area (Å²) < 4.78 is 0. The molecule has 2 heterocycles. The maximum absolute atomic E-state index is 14.3. The molecule has 1 aromatic carbocycles. The molecule has 2 aromatic rings. The lowest BCUT2D eigenvalue weighted by atomic mass is 9.62. The van der Waals surface area contributed by atoms with Crippen molar-refractivity contribution >= 4 is 5.78 Å². The molecule has 176 valence electrons. The summed E-state index contributed by atoms with van der Waals surface area (Å²) in [5.74, 6) is 0.349. The van der Waals surface area contributed by atoms with Gasteiger partial charge in [-0.2, -0.15) is 5.26 Å². The van der Waals surface area contributed by atoms with Gasteiger partial charge in [0.2, 0.25) is 0 Å². The zero-order valence-electron chi connectivity index (χ0n) is 19.9. The number of aromatic nitrogens is 2. The molecular formula is C28H32N4O2. The number of imidazole rings is 1. The van der Waals surface area contributed by atoms with Crippen LogP contribution in [0.5, 0.6) is 0 Å². The first-order valence-electron chi connectivity index (χ1n) is 12.3. The number of H-pyrrole nitrogens is 1. The number of nitrogens with zero attached hydrogens (tertiary/aromatic N) is 2. The molecule has 0 radical (unpaired) electrons. The molecule has 0 saturated carbocycles. The number of hydrogen-bond acceptors (Lipinski definition) is 5. The number of allylic oxidation sites excluding steroid dienone is 4. The van der Waals surface area contributed by atoms with Crippen LogP contribution in [-0.4, -0.2) is 33.9 Å². The minimum atomic E-state index is -0.663. The van der Waals surface area contributed by atoms with E-state index >= 15 is 0 Å². The number of carbonyl (C=O) groups is 1. The first-order chi connectivity index (χ1) is 16.4. The van der Waals surface area contributed by atoms with Crippen LogP contribution in [0.3, 0.4) is 0 Å². The molecule has 0 spiro atoms. The fourth-order valence-electron chi connectivity index (χ4n) is 6.12. The molecule has 2 aliphatic carbocycles. The molecule has 3 N–H and O–H groups in total. The van der Waals surface area contributed by atoms with Crippen molar-refractivity contribution in [3.05, 3.63) is 64.5 Å². The number of aromatic amines is 1. The van der Waals surface area contributed by atoms with Crippen molar-refractivity contribution in [3.8, 4) is 17.5 Å². The van der Waals surface area contributed by atoms with Gasteiger partial charge in [0.1, 0.15) is 5.82 Å². The zero-order valence-corrected chi connectivity index (χ0v) is 19.9. The Morgan fingerprint density at radius 2 is 2.12 bits per heavy atom. The molecule has 4 unspecified atom stereocenters. The summed E-state index contributed by atoms with van der Waals surface area (Å²) in [4.78, 5) is 22.4. The Labute approximate surface area is 200 Å². The Bertz CT molecular complexity index is 1220. The summed E-state index contributed by atoms with van der Waals surface area (Å²) in [6.07, 6.45) is 11.3. The molecule has 1 fully saturated rings. The molecule has 5 rings (SSSR count). The van der Waals surface area contributed by atoms with Crippen LogP contribution in [0.15, 0.2) is 36.4 Å². The summed E-state index contributed by atoms with van der Waals surface area (Å²) >= 11 is 0. The largest absolute Gasteiger partial charge is 0.387 e. The van der Waals surface area contributed by atoms with Crippen molar-refractivity contribution in [2.45, 2.75) is 52.1 Å². The van der Waals surface area contributed by atoms with Gasteiger partial charge in [0, 0.05) is 29.3 Å². The second-order valence-electron chi connectivity index (χ2n) is 10.1. The van der Waals surface area contributed by atoms with E-state index in [9.17, 15) is 15.2 Å². The third kappa shape index (κ3) is 3.83. The summed E-state index contributed by atoms with van der Waals surface area (Å²) in [6.45, 7) is 5.37. The van der Waals surface area contributed by atoms with Gasteiger partial charge in [-0.1, -0.05) is 35.9 Å². The van der Waals surface area contributed by atoms with Crippen LogP contribution in [0, 0.1) is 42.4 Å². The van der Waals surface area contributed by atoms with Gasteiger partial charge in [-0.3, -0.25) is 4.79 Å². The monoisotopic (exact) mass is 456 g/mol. The quantitative estimate of drug-likeness (QED) is 0.588. The second kappa shape index (κ2) is 8.98. The van der Waals surface area contributed by atoms with Crippen molar-refractivity contribution in [1.29, 1.82) is 5.26 Å². The number of ketones is 1. The van der Waals surface area contributed by atoms with Crippen LogP contribution < -0.4 is 5.32 Å². The van der Waals surface area contributed by atoms with E-state index in [-0.39, 0.29) is 17.6 Å². The SMILES string of the molecule is Cc1cc(C)c(C(=O)C2CNCCC2C2(C#N)C=CC=CC2)c(-c2nc3c([nH]2)CCCC3O)c1.